The number of Topliss-reactive ketones (excluding diaryl/α,β-unsaturated/α-hetero) is 1. The van der Waals surface area contributed by atoms with E-state index >= 15 is 0 Å². The van der Waals surface area contributed by atoms with Gasteiger partial charge in [0.15, 0.2) is 5.76 Å². The van der Waals surface area contributed by atoms with Crippen molar-refractivity contribution >= 4 is 17.8 Å². The molecule has 0 bridgehead atoms. The molecule has 3 rings (SSSR count). The van der Waals surface area contributed by atoms with Crippen LogP contribution in [-0.2, 0) is 9.53 Å². The number of carbonyl (C=O) groups is 2. The molecule has 0 aliphatic carbocycles. The maximum absolute atomic E-state index is 12.4. The molecule has 122 valence electrons. The van der Waals surface area contributed by atoms with Crippen LogP contribution < -0.4 is 9.47 Å². The molecule has 2 aromatic rings. The predicted octanol–water partition coefficient (Wildman–Crippen LogP) is 3.16. The number of hydrogen-bond acceptors (Lipinski definition) is 5. The van der Waals surface area contributed by atoms with Gasteiger partial charge in [0.25, 0.3) is 0 Å². The van der Waals surface area contributed by atoms with Gasteiger partial charge in [0, 0.05) is 13.2 Å². The summed E-state index contributed by atoms with van der Waals surface area (Å²) in [6, 6.07) is 12.4. The molecule has 0 aromatic heterocycles. The van der Waals surface area contributed by atoms with E-state index in [9.17, 15) is 9.59 Å². The number of hydrogen-bond donors (Lipinski definition) is 0. The van der Waals surface area contributed by atoms with Gasteiger partial charge in [-0.1, -0.05) is 29.8 Å². The van der Waals surface area contributed by atoms with Crippen molar-refractivity contribution in [2.75, 3.05) is 13.7 Å². The van der Waals surface area contributed by atoms with E-state index < -0.39 is 5.97 Å². The molecule has 5 nitrogen and oxygen atoms in total. The van der Waals surface area contributed by atoms with Gasteiger partial charge in [0.1, 0.15) is 18.1 Å². The van der Waals surface area contributed by atoms with Crippen LogP contribution in [0.1, 0.15) is 21.5 Å². The van der Waals surface area contributed by atoms with E-state index in [0.29, 0.717) is 17.1 Å². The lowest BCUT2D eigenvalue weighted by atomic mass is 10.1. The Labute approximate surface area is 139 Å². The minimum absolute atomic E-state index is 0.143. The van der Waals surface area contributed by atoms with Gasteiger partial charge in [0.2, 0.25) is 5.78 Å². The van der Waals surface area contributed by atoms with Crippen molar-refractivity contribution in [2.45, 2.75) is 6.92 Å². The van der Waals surface area contributed by atoms with Crippen molar-refractivity contribution in [3.05, 3.63) is 64.9 Å². The zero-order valence-corrected chi connectivity index (χ0v) is 13.4. The lowest BCUT2D eigenvalue weighted by Crippen LogP contribution is -2.14. The van der Waals surface area contributed by atoms with E-state index in [1.807, 2.05) is 31.2 Å². The number of ether oxygens (including phenoxy) is 3. The number of carbonyl (C=O) groups excluding carboxylic acids is 2. The van der Waals surface area contributed by atoms with Gasteiger partial charge in [-0.15, -0.1) is 0 Å². The average Bonchev–Trinajstić information content (AvgIpc) is 2.83. The Balaban J connectivity index is 1.83. The summed E-state index contributed by atoms with van der Waals surface area (Å²) in [7, 11) is 1.41. The van der Waals surface area contributed by atoms with Crippen molar-refractivity contribution in [1.82, 2.24) is 0 Å². The molecule has 0 saturated heterocycles. The van der Waals surface area contributed by atoms with E-state index in [-0.39, 0.29) is 18.1 Å². The average molecular weight is 324 g/mol. The summed E-state index contributed by atoms with van der Waals surface area (Å²) < 4.78 is 15.5. The maximum atomic E-state index is 12.4. The molecule has 1 aliphatic heterocycles. The zero-order chi connectivity index (χ0) is 17.1. The van der Waals surface area contributed by atoms with Crippen LogP contribution in [0.3, 0.4) is 0 Å². The van der Waals surface area contributed by atoms with Crippen molar-refractivity contribution in [1.29, 1.82) is 0 Å². The van der Waals surface area contributed by atoms with Gasteiger partial charge in [-0.2, -0.15) is 0 Å². The highest BCUT2D eigenvalue weighted by atomic mass is 16.6. The minimum Gasteiger partial charge on any atom is -0.452 e. The summed E-state index contributed by atoms with van der Waals surface area (Å²) in [6.07, 6.45) is 1.70. The molecule has 1 aliphatic rings. The fraction of sp³-hybridized carbons (Fsp3) is 0.158. The molecule has 0 unspecified atom stereocenters. The molecule has 24 heavy (non-hydrogen) atoms. The third-order valence-corrected chi connectivity index (χ3v) is 3.48. The topological polar surface area (TPSA) is 61.8 Å². The quantitative estimate of drug-likeness (QED) is 0.491. The second-order valence-corrected chi connectivity index (χ2v) is 5.42. The molecule has 2 aromatic carbocycles. The molecule has 0 amide bonds. The third-order valence-electron chi connectivity index (χ3n) is 3.48. The first-order chi connectivity index (χ1) is 11.6. The number of fused-ring (bicyclic) bond motifs is 1. The number of ketones is 1. The molecule has 0 N–H and O–H groups in total. The normalized spacial score (nSPS) is 14.4. The number of aryl methyl sites for hydroxylation is 1. The van der Waals surface area contributed by atoms with Gasteiger partial charge in [-0.05, 0) is 30.7 Å². The van der Waals surface area contributed by atoms with Crippen LogP contribution in [0.4, 0.5) is 0 Å². The van der Waals surface area contributed by atoms with Crippen LogP contribution in [0.2, 0.25) is 0 Å². The Bertz CT molecular complexity index is 835. The van der Waals surface area contributed by atoms with Crippen LogP contribution in [-0.4, -0.2) is 25.5 Å². The second kappa shape index (κ2) is 6.68. The molecule has 0 fully saturated rings. The Morgan fingerprint density at radius 3 is 2.79 bits per heavy atom. The van der Waals surface area contributed by atoms with Gasteiger partial charge in [0.05, 0.1) is 5.56 Å². The summed E-state index contributed by atoms with van der Waals surface area (Å²) in [5, 5.41) is 0. The monoisotopic (exact) mass is 324 g/mol. The highest BCUT2D eigenvalue weighted by Crippen LogP contribution is 2.34. The lowest BCUT2D eigenvalue weighted by Gasteiger charge is -2.04. The van der Waals surface area contributed by atoms with E-state index in [0.717, 1.165) is 11.1 Å². The van der Waals surface area contributed by atoms with Crippen molar-refractivity contribution in [3.8, 4) is 11.5 Å². The predicted molar refractivity (Wildman–Crippen MR) is 88.1 cm³/mol. The third kappa shape index (κ3) is 3.36. The number of allylic oxidation sites excluding steroid dienone is 1. The van der Waals surface area contributed by atoms with Crippen LogP contribution in [0.25, 0.3) is 6.08 Å². The summed E-state index contributed by atoms with van der Waals surface area (Å²) in [4.78, 5) is 23.8. The lowest BCUT2D eigenvalue weighted by molar-refractivity contribution is -0.138. The van der Waals surface area contributed by atoms with Crippen LogP contribution in [0, 0.1) is 6.92 Å². The van der Waals surface area contributed by atoms with Gasteiger partial charge < -0.3 is 14.2 Å². The van der Waals surface area contributed by atoms with Crippen molar-refractivity contribution < 1.29 is 23.8 Å². The van der Waals surface area contributed by atoms with Crippen molar-refractivity contribution in [3.63, 3.8) is 0 Å². The number of benzene rings is 2. The SMILES string of the molecule is COCC(=O)Oc1ccc2c(c1)O/C(=C\c1cccc(C)c1)C2=O. The smallest absolute Gasteiger partial charge is 0.337 e. The van der Waals surface area contributed by atoms with Gasteiger partial charge in [-0.3, -0.25) is 4.79 Å². The molecular formula is C19H16O5. The highest BCUT2D eigenvalue weighted by molar-refractivity contribution is 6.14. The van der Waals surface area contributed by atoms with Gasteiger partial charge >= 0.3 is 5.97 Å². The fourth-order valence-corrected chi connectivity index (χ4v) is 2.42. The number of esters is 1. The van der Waals surface area contributed by atoms with Crippen molar-refractivity contribution in [2.24, 2.45) is 0 Å². The number of rotatable bonds is 4. The molecule has 0 spiro atoms. The van der Waals surface area contributed by atoms with E-state index in [4.69, 9.17) is 14.2 Å². The van der Waals surface area contributed by atoms with Crippen LogP contribution >= 0.6 is 0 Å². The molecular weight excluding hydrogens is 308 g/mol. The summed E-state index contributed by atoms with van der Waals surface area (Å²) in [6.45, 7) is 1.84. The Morgan fingerprint density at radius 1 is 1.21 bits per heavy atom. The van der Waals surface area contributed by atoms with E-state index in [1.165, 1.54) is 13.2 Å². The molecule has 1 heterocycles. The summed E-state index contributed by atoms with van der Waals surface area (Å²) >= 11 is 0. The first kappa shape index (κ1) is 16.0. The maximum Gasteiger partial charge on any atom is 0.337 e. The highest BCUT2D eigenvalue weighted by Gasteiger charge is 2.28. The summed E-state index contributed by atoms with van der Waals surface area (Å²) in [5.41, 5.74) is 2.43. The molecule has 0 atom stereocenters. The zero-order valence-electron chi connectivity index (χ0n) is 13.4. The Hall–Kier alpha value is -2.92. The van der Waals surface area contributed by atoms with Gasteiger partial charge in [-0.25, -0.2) is 4.79 Å². The van der Waals surface area contributed by atoms with Crippen LogP contribution in [0.5, 0.6) is 11.5 Å². The standard InChI is InChI=1S/C19H16O5/c1-12-4-3-5-13(8-12)9-17-19(21)15-7-6-14(10-16(15)24-17)23-18(20)11-22-2/h3-10H,11H2,1-2H3/b17-9-. The summed E-state index contributed by atoms with van der Waals surface area (Å²) in [5.74, 6) is 0.219. The van der Waals surface area contributed by atoms with Crippen LogP contribution in [0.15, 0.2) is 48.2 Å². The Kier molecular flexibility index (Phi) is 4.44. The number of methoxy groups -OCH3 is 1. The van der Waals surface area contributed by atoms with E-state index in [2.05, 4.69) is 0 Å². The Morgan fingerprint density at radius 2 is 2.04 bits per heavy atom. The second-order valence-electron chi connectivity index (χ2n) is 5.42. The first-order valence-electron chi connectivity index (χ1n) is 7.41. The fourth-order valence-electron chi connectivity index (χ4n) is 2.42. The largest absolute Gasteiger partial charge is 0.452 e. The molecule has 0 radical (unpaired) electrons. The van der Waals surface area contributed by atoms with E-state index in [1.54, 1.807) is 18.2 Å². The molecule has 5 heteroatoms. The molecule has 0 saturated carbocycles. The minimum atomic E-state index is -0.516. The first-order valence-corrected chi connectivity index (χ1v) is 7.41.